The van der Waals surface area contributed by atoms with Crippen LogP contribution in [0.25, 0.3) is 0 Å². The molecule has 6 heteroatoms. The highest BCUT2D eigenvalue weighted by molar-refractivity contribution is 14.0. The fraction of sp³-hybridized carbons (Fsp3) is 0.714. The first-order chi connectivity index (χ1) is 9.17. The number of aromatic nitrogens is 1. The molecule has 0 radical (unpaired) electrons. The minimum absolute atomic E-state index is 0. The lowest BCUT2D eigenvalue weighted by atomic mass is 9.67. The molecular weight excluding hydrogens is 383 g/mol. The van der Waals surface area contributed by atoms with Gasteiger partial charge in [-0.25, -0.2) is 4.98 Å². The van der Waals surface area contributed by atoms with E-state index in [1.54, 1.807) is 11.3 Å². The number of hydrogen-bond acceptors (Lipinski definition) is 3. The number of halogens is 1. The first-order valence-electron chi connectivity index (χ1n) is 7.03. The third-order valence-corrected chi connectivity index (χ3v) is 5.01. The van der Waals surface area contributed by atoms with Gasteiger partial charge in [0.15, 0.2) is 5.96 Å². The second-order valence-corrected chi connectivity index (χ2v) is 6.67. The van der Waals surface area contributed by atoms with E-state index < -0.39 is 0 Å². The van der Waals surface area contributed by atoms with Gasteiger partial charge in [-0.3, -0.25) is 4.99 Å². The van der Waals surface area contributed by atoms with Crippen molar-refractivity contribution in [2.24, 2.45) is 10.4 Å². The van der Waals surface area contributed by atoms with Crippen molar-refractivity contribution in [3.63, 3.8) is 0 Å². The van der Waals surface area contributed by atoms with Gasteiger partial charge < -0.3 is 10.6 Å². The smallest absolute Gasteiger partial charge is 0.191 e. The Hall–Kier alpha value is -0.370. The van der Waals surface area contributed by atoms with Crippen LogP contribution in [0.1, 0.15) is 42.5 Å². The van der Waals surface area contributed by atoms with Crippen LogP contribution in [0.5, 0.6) is 0 Å². The molecule has 1 aliphatic carbocycles. The summed E-state index contributed by atoms with van der Waals surface area (Å²) in [5.41, 5.74) is 0.509. The van der Waals surface area contributed by atoms with Gasteiger partial charge in [-0.1, -0.05) is 13.3 Å². The lowest BCUT2D eigenvalue weighted by Gasteiger charge is -2.41. The van der Waals surface area contributed by atoms with E-state index in [0.717, 1.165) is 24.1 Å². The van der Waals surface area contributed by atoms with Gasteiger partial charge in [0.1, 0.15) is 5.01 Å². The predicted octanol–water partition coefficient (Wildman–Crippen LogP) is 3.31. The summed E-state index contributed by atoms with van der Waals surface area (Å²) in [4.78, 5) is 9.87. The summed E-state index contributed by atoms with van der Waals surface area (Å²) < 4.78 is 0. The zero-order valence-electron chi connectivity index (χ0n) is 12.5. The van der Waals surface area contributed by atoms with Crippen LogP contribution in [-0.4, -0.2) is 24.5 Å². The van der Waals surface area contributed by atoms with E-state index >= 15 is 0 Å². The van der Waals surface area contributed by atoms with Crippen LogP contribution in [-0.2, 0) is 6.54 Å². The quantitative estimate of drug-likeness (QED) is 0.447. The Labute approximate surface area is 142 Å². The highest BCUT2D eigenvalue weighted by atomic mass is 127. The molecule has 1 aromatic rings. The average Bonchev–Trinajstić information content (AvgIpc) is 2.78. The Morgan fingerprint density at radius 2 is 2.20 bits per heavy atom. The van der Waals surface area contributed by atoms with Gasteiger partial charge in [0.2, 0.25) is 0 Å². The first-order valence-corrected chi connectivity index (χ1v) is 7.85. The highest BCUT2D eigenvalue weighted by Gasteiger charge is 2.34. The summed E-state index contributed by atoms with van der Waals surface area (Å²) in [6.07, 6.45) is 7.24. The summed E-state index contributed by atoms with van der Waals surface area (Å²) in [6.45, 7) is 6.14. The first kappa shape index (κ1) is 17.7. The Bertz CT molecular complexity index is 435. The largest absolute Gasteiger partial charge is 0.356 e. The second kappa shape index (κ2) is 8.17. The van der Waals surface area contributed by atoms with Crippen LogP contribution >= 0.6 is 35.3 Å². The molecular formula is C14H25IN4S. The van der Waals surface area contributed by atoms with Crippen LogP contribution in [0, 0.1) is 12.3 Å². The molecule has 0 aliphatic heterocycles. The topological polar surface area (TPSA) is 49.3 Å². The molecule has 2 rings (SSSR count). The molecule has 2 N–H and O–H groups in total. The van der Waals surface area contributed by atoms with Crippen molar-refractivity contribution in [1.82, 2.24) is 15.6 Å². The molecule has 0 aromatic carbocycles. The number of hydrogen-bond donors (Lipinski definition) is 2. The van der Waals surface area contributed by atoms with Crippen LogP contribution in [0.2, 0.25) is 0 Å². The molecule has 0 spiro atoms. The zero-order valence-corrected chi connectivity index (χ0v) is 15.7. The van der Waals surface area contributed by atoms with Crippen molar-refractivity contribution in [3.05, 3.63) is 16.1 Å². The lowest BCUT2D eigenvalue weighted by Crippen LogP contribution is -2.46. The maximum Gasteiger partial charge on any atom is 0.191 e. The van der Waals surface area contributed by atoms with Gasteiger partial charge >= 0.3 is 0 Å². The van der Waals surface area contributed by atoms with E-state index in [1.807, 2.05) is 13.2 Å². The SMILES string of the molecule is CCC1(CNC(=NC)NCc2ncc(C)s2)CCC1.I. The molecule has 1 aromatic heterocycles. The molecule has 0 atom stereocenters. The number of rotatable bonds is 5. The second-order valence-electron chi connectivity index (χ2n) is 5.35. The van der Waals surface area contributed by atoms with Crippen molar-refractivity contribution in [1.29, 1.82) is 0 Å². The van der Waals surface area contributed by atoms with Crippen molar-refractivity contribution < 1.29 is 0 Å². The fourth-order valence-corrected chi connectivity index (χ4v) is 3.19. The summed E-state index contributed by atoms with van der Waals surface area (Å²) in [5.74, 6) is 0.882. The maximum atomic E-state index is 4.35. The third kappa shape index (κ3) is 4.58. The van der Waals surface area contributed by atoms with Crippen molar-refractivity contribution >= 4 is 41.3 Å². The summed E-state index contributed by atoms with van der Waals surface area (Å²) in [7, 11) is 1.82. The van der Waals surface area contributed by atoms with Crippen molar-refractivity contribution in [3.8, 4) is 0 Å². The molecule has 0 unspecified atom stereocenters. The monoisotopic (exact) mass is 408 g/mol. The number of guanidine groups is 1. The molecule has 0 saturated heterocycles. The highest BCUT2D eigenvalue weighted by Crippen LogP contribution is 2.42. The zero-order chi connectivity index (χ0) is 13.7. The van der Waals surface area contributed by atoms with Crippen LogP contribution < -0.4 is 10.6 Å². The van der Waals surface area contributed by atoms with Crippen LogP contribution in [0.4, 0.5) is 0 Å². The van der Waals surface area contributed by atoms with Crippen LogP contribution in [0.15, 0.2) is 11.2 Å². The Morgan fingerprint density at radius 3 is 2.65 bits per heavy atom. The number of nitrogens with one attached hydrogen (secondary N) is 2. The van der Waals surface area contributed by atoms with E-state index in [2.05, 4.69) is 34.5 Å². The lowest BCUT2D eigenvalue weighted by molar-refractivity contribution is 0.131. The van der Waals surface area contributed by atoms with E-state index in [0.29, 0.717) is 5.41 Å². The minimum atomic E-state index is 0. The molecule has 1 aliphatic rings. The maximum absolute atomic E-state index is 4.35. The van der Waals surface area contributed by atoms with Gasteiger partial charge in [-0.2, -0.15) is 0 Å². The van der Waals surface area contributed by atoms with Crippen molar-refractivity contribution in [2.45, 2.75) is 46.1 Å². The molecule has 0 amide bonds. The third-order valence-electron chi connectivity index (χ3n) is 4.09. The molecule has 114 valence electrons. The molecule has 1 heterocycles. The van der Waals surface area contributed by atoms with Gasteiger partial charge in [0.25, 0.3) is 0 Å². The minimum Gasteiger partial charge on any atom is -0.356 e. The number of aliphatic imine (C=N–C) groups is 1. The number of thiazole rings is 1. The van der Waals surface area contributed by atoms with Gasteiger partial charge in [0.05, 0.1) is 6.54 Å². The summed E-state index contributed by atoms with van der Waals surface area (Å²) >= 11 is 1.73. The molecule has 4 nitrogen and oxygen atoms in total. The number of aryl methyl sites for hydroxylation is 1. The van der Waals surface area contributed by atoms with E-state index in [4.69, 9.17) is 0 Å². The molecule has 20 heavy (non-hydrogen) atoms. The summed E-state index contributed by atoms with van der Waals surface area (Å²) in [6, 6.07) is 0. The Morgan fingerprint density at radius 1 is 1.45 bits per heavy atom. The summed E-state index contributed by atoms with van der Waals surface area (Å²) in [5, 5.41) is 7.89. The van der Waals surface area contributed by atoms with Crippen LogP contribution in [0.3, 0.4) is 0 Å². The van der Waals surface area contributed by atoms with Crippen molar-refractivity contribution in [2.75, 3.05) is 13.6 Å². The fourth-order valence-electron chi connectivity index (χ4n) is 2.47. The van der Waals surface area contributed by atoms with E-state index in [1.165, 1.54) is 30.6 Å². The predicted molar refractivity (Wildman–Crippen MR) is 97.0 cm³/mol. The van der Waals surface area contributed by atoms with E-state index in [-0.39, 0.29) is 24.0 Å². The average molecular weight is 408 g/mol. The Kier molecular flexibility index (Phi) is 7.22. The normalized spacial score (nSPS) is 17.1. The molecule has 1 saturated carbocycles. The number of nitrogens with zero attached hydrogens (tertiary/aromatic N) is 2. The molecule has 0 bridgehead atoms. The van der Waals surface area contributed by atoms with E-state index in [9.17, 15) is 0 Å². The molecule has 1 fully saturated rings. The Balaban J connectivity index is 0.00000200. The van der Waals surface area contributed by atoms with Gasteiger partial charge in [-0.15, -0.1) is 35.3 Å². The standard InChI is InChI=1S/C14H24N4S.HI/c1-4-14(6-5-7-14)10-18-13(15-3)17-9-12-16-8-11(2)19-12;/h8H,4-7,9-10H2,1-3H3,(H2,15,17,18);1H. The van der Waals surface area contributed by atoms with Gasteiger partial charge in [0, 0.05) is 24.7 Å². The van der Waals surface area contributed by atoms with Gasteiger partial charge in [-0.05, 0) is 31.6 Å².